The number of carbonyl (C=O) groups excluding carboxylic acids is 1. The predicted octanol–water partition coefficient (Wildman–Crippen LogP) is 3.08. The summed E-state index contributed by atoms with van der Waals surface area (Å²) >= 11 is 0. The van der Waals surface area contributed by atoms with E-state index in [1.807, 2.05) is 18.2 Å². The molecule has 0 heterocycles. The fourth-order valence-corrected chi connectivity index (χ4v) is 3.15. The summed E-state index contributed by atoms with van der Waals surface area (Å²) in [5, 5.41) is 3.60. The van der Waals surface area contributed by atoms with Crippen molar-refractivity contribution in [3.8, 4) is 0 Å². The van der Waals surface area contributed by atoms with Crippen LogP contribution in [0.4, 0.5) is 0 Å². The van der Waals surface area contributed by atoms with Gasteiger partial charge in [0.1, 0.15) is 5.54 Å². The standard InChI is InChI=1S/C17H25NO2/c1-3-17(16(19)20-2,18-15-11-7-8-12-15)13-14-9-5-4-6-10-14/h4-6,9-10,15,18H,3,7-8,11-13H2,1-2H3. The molecule has 1 atom stereocenters. The molecule has 110 valence electrons. The molecular formula is C17H25NO2. The van der Waals surface area contributed by atoms with Gasteiger partial charge in [0.15, 0.2) is 0 Å². The third-order valence-corrected chi connectivity index (χ3v) is 4.36. The van der Waals surface area contributed by atoms with E-state index in [9.17, 15) is 4.79 Å². The lowest BCUT2D eigenvalue weighted by molar-refractivity contribution is -0.149. The van der Waals surface area contributed by atoms with Crippen LogP contribution in [0.15, 0.2) is 30.3 Å². The van der Waals surface area contributed by atoms with Crippen LogP contribution in [0.3, 0.4) is 0 Å². The Kier molecular flexibility index (Phi) is 5.18. The summed E-state index contributed by atoms with van der Waals surface area (Å²) in [6.45, 7) is 2.06. The van der Waals surface area contributed by atoms with Crippen molar-refractivity contribution in [3.63, 3.8) is 0 Å². The summed E-state index contributed by atoms with van der Waals surface area (Å²) in [6.07, 6.45) is 6.26. The van der Waals surface area contributed by atoms with Gasteiger partial charge in [-0.15, -0.1) is 0 Å². The zero-order chi connectivity index (χ0) is 14.4. The van der Waals surface area contributed by atoms with Crippen LogP contribution in [0.2, 0.25) is 0 Å². The first-order valence-corrected chi connectivity index (χ1v) is 7.60. The van der Waals surface area contributed by atoms with E-state index >= 15 is 0 Å². The van der Waals surface area contributed by atoms with Gasteiger partial charge in [0, 0.05) is 12.5 Å². The van der Waals surface area contributed by atoms with Crippen LogP contribution in [0.1, 0.15) is 44.6 Å². The number of hydrogen-bond acceptors (Lipinski definition) is 3. The van der Waals surface area contributed by atoms with E-state index in [0.29, 0.717) is 12.5 Å². The number of nitrogens with one attached hydrogen (secondary N) is 1. The van der Waals surface area contributed by atoms with E-state index in [2.05, 4.69) is 24.4 Å². The molecule has 0 amide bonds. The minimum Gasteiger partial charge on any atom is -0.468 e. The zero-order valence-electron chi connectivity index (χ0n) is 12.5. The van der Waals surface area contributed by atoms with Crippen molar-refractivity contribution in [2.45, 2.75) is 57.0 Å². The van der Waals surface area contributed by atoms with Gasteiger partial charge in [-0.05, 0) is 24.8 Å². The Bertz CT molecular complexity index is 426. The largest absolute Gasteiger partial charge is 0.468 e. The summed E-state index contributed by atoms with van der Waals surface area (Å²) in [4.78, 5) is 12.4. The van der Waals surface area contributed by atoms with Crippen molar-refractivity contribution in [2.24, 2.45) is 0 Å². The van der Waals surface area contributed by atoms with Crippen molar-refractivity contribution >= 4 is 5.97 Å². The van der Waals surface area contributed by atoms with Gasteiger partial charge in [0.2, 0.25) is 0 Å². The van der Waals surface area contributed by atoms with Gasteiger partial charge in [0.05, 0.1) is 7.11 Å². The van der Waals surface area contributed by atoms with Crippen molar-refractivity contribution in [1.82, 2.24) is 5.32 Å². The minimum absolute atomic E-state index is 0.143. The highest BCUT2D eigenvalue weighted by Crippen LogP contribution is 2.25. The van der Waals surface area contributed by atoms with E-state index < -0.39 is 5.54 Å². The van der Waals surface area contributed by atoms with Gasteiger partial charge >= 0.3 is 5.97 Å². The summed E-state index contributed by atoms with van der Waals surface area (Å²) in [6, 6.07) is 10.6. The fourth-order valence-electron chi connectivity index (χ4n) is 3.15. The van der Waals surface area contributed by atoms with E-state index in [1.165, 1.54) is 25.5 Å². The highest BCUT2D eigenvalue weighted by molar-refractivity contribution is 5.81. The molecular weight excluding hydrogens is 250 g/mol. The summed E-state index contributed by atoms with van der Waals surface area (Å²) in [7, 11) is 1.48. The third kappa shape index (κ3) is 3.40. The van der Waals surface area contributed by atoms with E-state index in [-0.39, 0.29) is 5.97 Å². The van der Waals surface area contributed by atoms with Crippen LogP contribution in [0.25, 0.3) is 0 Å². The molecule has 0 saturated heterocycles. The topological polar surface area (TPSA) is 38.3 Å². The number of esters is 1. The van der Waals surface area contributed by atoms with Crippen molar-refractivity contribution in [3.05, 3.63) is 35.9 Å². The number of carbonyl (C=O) groups is 1. The normalized spacial score (nSPS) is 18.7. The fraction of sp³-hybridized carbons (Fsp3) is 0.588. The molecule has 0 aromatic heterocycles. The summed E-state index contributed by atoms with van der Waals surface area (Å²) in [5.74, 6) is -0.143. The highest BCUT2D eigenvalue weighted by Gasteiger charge is 2.40. The van der Waals surface area contributed by atoms with Crippen LogP contribution in [-0.4, -0.2) is 24.7 Å². The quantitative estimate of drug-likeness (QED) is 0.811. The molecule has 1 aromatic rings. The maximum atomic E-state index is 12.4. The van der Waals surface area contributed by atoms with E-state index in [1.54, 1.807) is 0 Å². The molecule has 20 heavy (non-hydrogen) atoms. The molecule has 1 aromatic carbocycles. The number of hydrogen-bond donors (Lipinski definition) is 1. The van der Waals surface area contributed by atoms with Crippen LogP contribution < -0.4 is 5.32 Å². The number of methoxy groups -OCH3 is 1. The molecule has 1 unspecified atom stereocenters. The number of ether oxygens (including phenoxy) is 1. The molecule has 1 fully saturated rings. The van der Waals surface area contributed by atoms with Gasteiger partial charge in [-0.25, -0.2) is 0 Å². The summed E-state index contributed by atoms with van der Waals surface area (Å²) in [5.41, 5.74) is 0.579. The van der Waals surface area contributed by atoms with Crippen LogP contribution in [0.5, 0.6) is 0 Å². The second kappa shape index (κ2) is 6.89. The molecule has 1 aliphatic rings. The van der Waals surface area contributed by atoms with Gasteiger partial charge < -0.3 is 4.74 Å². The van der Waals surface area contributed by atoms with E-state index in [0.717, 1.165) is 19.3 Å². The molecule has 1 aliphatic carbocycles. The SMILES string of the molecule is CCC(Cc1ccccc1)(NC1CCCC1)C(=O)OC. The van der Waals surface area contributed by atoms with Crippen molar-refractivity contribution in [1.29, 1.82) is 0 Å². The first-order valence-electron chi connectivity index (χ1n) is 7.60. The van der Waals surface area contributed by atoms with Gasteiger partial charge in [-0.1, -0.05) is 50.1 Å². The zero-order valence-corrected chi connectivity index (χ0v) is 12.5. The molecule has 0 aliphatic heterocycles. The average Bonchev–Trinajstić information content (AvgIpc) is 2.99. The molecule has 3 nitrogen and oxygen atoms in total. The van der Waals surface area contributed by atoms with E-state index in [4.69, 9.17) is 4.74 Å². The Balaban J connectivity index is 2.19. The second-order valence-electron chi connectivity index (χ2n) is 5.72. The second-order valence-corrected chi connectivity index (χ2v) is 5.72. The highest BCUT2D eigenvalue weighted by atomic mass is 16.5. The molecule has 1 saturated carbocycles. The number of benzene rings is 1. The van der Waals surface area contributed by atoms with Crippen LogP contribution in [-0.2, 0) is 16.0 Å². The van der Waals surface area contributed by atoms with Gasteiger partial charge in [-0.3, -0.25) is 10.1 Å². The first-order chi connectivity index (χ1) is 9.70. The third-order valence-electron chi connectivity index (χ3n) is 4.36. The molecule has 3 heteroatoms. The average molecular weight is 275 g/mol. The smallest absolute Gasteiger partial charge is 0.326 e. The predicted molar refractivity (Wildman–Crippen MR) is 80.6 cm³/mol. The van der Waals surface area contributed by atoms with Crippen LogP contribution >= 0.6 is 0 Å². The maximum absolute atomic E-state index is 12.4. The molecule has 1 N–H and O–H groups in total. The maximum Gasteiger partial charge on any atom is 0.326 e. The van der Waals surface area contributed by atoms with Crippen molar-refractivity contribution in [2.75, 3.05) is 7.11 Å². The Hall–Kier alpha value is -1.35. The Morgan fingerprint density at radius 1 is 1.30 bits per heavy atom. The van der Waals surface area contributed by atoms with Gasteiger partial charge in [0.25, 0.3) is 0 Å². The lowest BCUT2D eigenvalue weighted by Gasteiger charge is -2.34. The molecule has 0 radical (unpaired) electrons. The minimum atomic E-state index is -0.592. The lowest BCUT2D eigenvalue weighted by atomic mass is 9.87. The molecule has 0 spiro atoms. The van der Waals surface area contributed by atoms with Crippen molar-refractivity contribution < 1.29 is 9.53 Å². The molecule has 2 rings (SSSR count). The Morgan fingerprint density at radius 3 is 2.50 bits per heavy atom. The monoisotopic (exact) mass is 275 g/mol. The lowest BCUT2D eigenvalue weighted by Crippen LogP contribution is -2.57. The Labute approximate surface area is 121 Å². The van der Waals surface area contributed by atoms with Crippen LogP contribution in [0, 0.1) is 0 Å². The first kappa shape index (κ1) is 15.0. The molecule has 0 bridgehead atoms. The van der Waals surface area contributed by atoms with Gasteiger partial charge in [-0.2, -0.15) is 0 Å². The summed E-state index contributed by atoms with van der Waals surface area (Å²) < 4.78 is 5.09. The number of rotatable bonds is 6. The Morgan fingerprint density at radius 2 is 1.95 bits per heavy atom.